The van der Waals surface area contributed by atoms with Crippen molar-refractivity contribution in [1.82, 2.24) is 10.2 Å². The monoisotopic (exact) mass is 384 g/mol. The number of hydrogen-bond acceptors (Lipinski definition) is 4. The molecule has 0 saturated heterocycles. The molecular formula is C15H17BrN2O3S. The Morgan fingerprint density at radius 1 is 1.45 bits per heavy atom. The van der Waals surface area contributed by atoms with Gasteiger partial charge in [-0.1, -0.05) is 6.07 Å². The van der Waals surface area contributed by atoms with Crippen molar-refractivity contribution in [3.63, 3.8) is 0 Å². The molecule has 1 heterocycles. The molecule has 0 fully saturated rings. The van der Waals surface area contributed by atoms with Crippen molar-refractivity contribution >= 4 is 33.3 Å². The second-order valence-corrected chi connectivity index (χ2v) is 6.66. The minimum Gasteiger partial charge on any atom is -0.504 e. The Balaban J connectivity index is 1.89. The van der Waals surface area contributed by atoms with Gasteiger partial charge in [0.1, 0.15) is 0 Å². The van der Waals surface area contributed by atoms with Gasteiger partial charge in [-0.25, -0.2) is 4.79 Å². The lowest BCUT2D eigenvalue weighted by molar-refractivity contribution is 0.206. The highest BCUT2D eigenvalue weighted by atomic mass is 79.9. The van der Waals surface area contributed by atoms with E-state index in [1.165, 1.54) is 7.11 Å². The van der Waals surface area contributed by atoms with Gasteiger partial charge >= 0.3 is 6.03 Å². The second kappa shape index (κ2) is 7.51. The minimum atomic E-state index is -0.167. The molecule has 2 amide bonds. The first-order valence-electron chi connectivity index (χ1n) is 6.57. The highest BCUT2D eigenvalue weighted by molar-refractivity contribution is 9.10. The Labute approximate surface area is 141 Å². The normalized spacial score (nSPS) is 10.3. The van der Waals surface area contributed by atoms with Crippen LogP contribution in [-0.4, -0.2) is 30.2 Å². The van der Waals surface area contributed by atoms with E-state index in [0.29, 0.717) is 18.8 Å². The third-order valence-corrected chi connectivity index (χ3v) is 4.74. The largest absolute Gasteiger partial charge is 0.504 e. The molecule has 0 aliphatic carbocycles. The molecule has 2 N–H and O–H groups in total. The minimum absolute atomic E-state index is 0.0669. The van der Waals surface area contributed by atoms with Gasteiger partial charge in [-0.2, -0.15) is 0 Å². The molecule has 0 atom stereocenters. The van der Waals surface area contributed by atoms with Crippen LogP contribution in [0.1, 0.15) is 10.4 Å². The van der Waals surface area contributed by atoms with Crippen molar-refractivity contribution in [3.05, 3.63) is 44.6 Å². The predicted molar refractivity (Wildman–Crippen MR) is 90.4 cm³/mol. The molecule has 118 valence electrons. The topological polar surface area (TPSA) is 61.8 Å². The molecule has 0 saturated carbocycles. The summed E-state index contributed by atoms with van der Waals surface area (Å²) < 4.78 is 6.01. The first-order chi connectivity index (χ1) is 10.5. The fourth-order valence-corrected chi connectivity index (χ4v) is 3.31. The van der Waals surface area contributed by atoms with Gasteiger partial charge in [0.2, 0.25) is 0 Å². The number of phenolic OH excluding ortho intramolecular Hbond substituents is 1. The van der Waals surface area contributed by atoms with Crippen molar-refractivity contribution < 1.29 is 14.6 Å². The van der Waals surface area contributed by atoms with Crippen LogP contribution in [0.25, 0.3) is 0 Å². The number of thiophene rings is 1. The van der Waals surface area contributed by atoms with E-state index in [2.05, 4.69) is 21.2 Å². The molecule has 0 spiro atoms. The van der Waals surface area contributed by atoms with E-state index in [1.54, 1.807) is 35.4 Å². The van der Waals surface area contributed by atoms with Gasteiger partial charge in [-0.15, -0.1) is 11.3 Å². The fourth-order valence-electron chi connectivity index (χ4n) is 1.92. The number of carbonyl (C=O) groups is 1. The van der Waals surface area contributed by atoms with Crippen molar-refractivity contribution in [3.8, 4) is 11.5 Å². The van der Waals surface area contributed by atoms with Crippen LogP contribution in [0.5, 0.6) is 11.5 Å². The van der Waals surface area contributed by atoms with E-state index in [4.69, 9.17) is 4.74 Å². The Kier molecular flexibility index (Phi) is 5.68. The molecule has 2 rings (SSSR count). The molecule has 2 aromatic rings. The number of carbonyl (C=O) groups excluding carboxylic acids is 1. The second-order valence-electron chi connectivity index (χ2n) is 4.75. The number of methoxy groups -OCH3 is 1. The number of hydrogen-bond donors (Lipinski definition) is 2. The van der Waals surface area contributed by atoms with E-state index in [0.717, 1.165) is 14.9 Å². The number of ether oxygens (including phenoxy) is 1. The van der Waals surface area contributed by atoms with Crippen molar-refractivity contribution in [2.24, 2.45) is 0 Å². The first-order valence-corrected chi connectivity index (χ1v) is 8.24. The Morgan fingerprint density at radius 3 is 2.82 bits per heavy atom. The standard InChI is InChI=1S/C15H17BrN2O3S/c1-18(8-10-3-4-14(21-2)13(19)5-10)15(20)17-7-12-6-11(16)9-22-12/h3-6,9,19H,7-8H2,1-2H3,(H,17,20). The summed E-state index contributed by atoms with van der Waals surface area (Å²) in [6.07, 6.45) is 0. The van der Waals surface area contributed by atoms with Crippen LogP contribution in [0.4, 0.5) is 4.79 Å². The third-order valence-electron chi connectivity index (χ3n) is 3.05. The van der Waals surface area contributed by atoms with E-state index >= 15 is 0 Å². The van der Waals surface area contributed by atoms with Crippen molar-refractivity contribution in [1.29, 1.82) is 0 Å². The van der Waals surface area contributed by atoms with Crippen LogP contribution in [0.3, 0.4) is 0 Å². The number of phenols is 1. The maximum Gasteiger partial charge on any atom is 0.317 e. The number of rotatable bonds is 5. The average Bonchev–Trinajstić information content (AvgIpc) is 2.90. The number of nitrogens with one attached hydrogen (secondary N) is 1. The number of aromatic hydroxyl groups is 1. The summed E-state index contributed by atoms with van der Waals surface area (Å²) in [4.78, 5) is 14.7. The van der Waals surface area contributed by atoms with Crippen molar-refractivity contribution in [2.45, 2.75) is 13.1 Å². The summed E-state index contributed by atoms with van der Waals surface area (Å²) in [7, 11) is 3.21. The van der Waals surface area contributed by atoms with Gasteiger partial charge in [-0.05, 0) is 39.7 Å². The van der Waals surface area contributed by atoms with E-state index in [-0.39, 0.29) is 11.8 Å². The third kappa shape index (κ3) is 4.38. The quantitative estimate of drug-likeness (QED) is 0.827. The Hall–Kier alpha value is -1.73. The summed E-state index contributed by atoms with van der Waals surface area (Å²) >= 11 is 4.97. The highest BCUT2D eigenvalue weighted by Crippen LogP contribution is 2.26. The van der Waals surface area contributed by atoms with E-state index in [1.807, 2.05) is 17.5 Å². The van der Waals surface area contributed by atoms with Crippen LogP contribution in [0, 0.1) is 0 Å². The SMILES string of the molecule is COc1ccc(CN(C)C(=O)NCc2cc(Br)cs2)cc1O. The van der Waals surface area contributed by atoms with Gasteiger partial charge in [-0.3, -0.25) is 0 Å². The van der Waals surface area contributed by atoms with Gasteiger partial charge in [0, 0.05) is 28.3 Å². The molecule has 22 heavy (non-hydrogen) atoms. The lowest BCUT2D eigenvalue weighted by Crippen LogP contribution is -2.36. The number of benzene rings is 1. The number of nitrogens with zero attached hydrogens (tertiary/aromatic N) is 1. The zero-order valence-electron chi connectivity index (χ0n) is 12.3. The van der Waals surface area contributed by atoms with Crippen LogP contribution < -0.4 is 10.1 Å². The Bertz CT molecular complexity index is 660. The molecule has 0 radical (unpaired) electrons. The van der Waals surface area contributed by atoms with Gasteiger partial charge in [0.25, 0.3) is 0 Å². The van der Waals surface area contributed by atoms with Crippen LogP contribution in [0.15, 0.2) is 34.1 Å². The number of amides is 2. The lowest BCUT2D eigenvalue weighted by atomic mass is 10.2. The van der Waals surface area contributed by atoms with Crippen LogP contribution in [0.2, 0.25) is 0 Å². The fraction of sp³-hybridized carbons (Fsp3) is 0.267. The summed E-state index contributed by atoms with van der Waals surface area (Å²) in [5.74, 6) is 0.483. The molecule has 0 unspecified atom stereocenters. The molecule has 0 aliphatic rings. The molecular weight excluding hydrogens is 368 g/mol. The molecule has 0 aliphatic heterocycles. The zero-order chi connectivity index (χ0) is 16.1. The van der Waals surface area contributed by atoms with Crippen molar-refractivity contribution in [2.75, 3.05) is 14.2 Å². The smallest absolute Gasteiger partial charge is 0.317 e. The van der Waals surface area contributed by atoms with Crippen LogP contribution in [-0.2, 0) is 13.1 Å². The van der Waals surface area contributed by atoms with Crippen LogP contribution >= 0.6 is 27.3 Å². The molecule has 1 aromatic heterocycles. The summed E-state index contributed by atoms with van der Waals surface area (Å²) in [5, 5.41) is 14.6. The average molecular weight is 385 g/mol. The summed E-state index contributed by atoms with van der Waals surface area (Å²) in [6, 6.07) is 6.91. The lowest BCUT2D eigenvalue weighted by Gasteiger charge is -2.18. The zero-order valence-corrected chi connectivity index (χ0v) is 14.7. The van der Waals surface area contributed by atoms with Gasteiger partial charge < -0.3 is 20.1 Å². The highest BCUT2D eigenvalue weighted by Gasteiger charge is 2.11. The van der Waals surface area contributed by atoms with Gasteiger partial charge in [0.15, 0.2) is 11.5 Å². The maximum atomic E-state index is 12.1. The van der Waals surface area contributed by atoms with E-state index in [9.17, 15) is 9.90 Å². The molecule has 5 nitrogen and oxygen atoms in total. The Morgan fingerprint density at radius 2 is 2.23 bits per heavy atom. The molecule has 7 heteroatoms. The number of halogens is 1. The number of urea groups is 1. The summed E-state index contributed by atoms with van der Waals surface area (Å²) in [6.45, 7) is 0.894. The maximum absolute atomic E-state index is 12.1. The van der Waals surface area contributed by atoms with E-state index < -0.39 is 0 Å². The van der Waals surface area contributed by atoms with Gasteiger partial charge in [0.05, 0.1) is 13.7 Å². The predicted octanol–water partition coefficient (Wildman–Crippen LogP) is 3.57. The molecule has 1 aromatic carbocycles. The summed E-state index contributed by atoms with van der Waals surface area (Å²) in [5.41, 5.74) is 0.829. The molecule has 0 bridgehead atoms. The first kappa shape index (κ1) is 16.6.